The van der Waals surface area contributed by atoms with Crippen molar-refractivity contribution in [3.05, 3.63) is 59.7 Å². The highest BCUT2D eigenvalue weighted by atomic mass is 19.1. The number of halogens is 1. The molecule has 5 heteroatoms. The lowest BCUT2D eigenvalue weighted by molar-refractivity contribution is 0.0677. The van der Waals surface area contributed by atoms with E-state index < -0.39 is 0 Å². The predicted octanol–water partition coefficient (Wildman–Crippen LogP) is 3.75. The Morgan fingerprint density at radius 2 is 2.20 bits per heavy atom. The molecule has 2 aromatic rings. The summed E-state index contributed by atoms with van der Waals surface area (Å²) >= 11 is 0. The number of hydrogen-bond acceptors (Lipinski definition) is 3. The maximum absolute atomic E-state index is 13.6. The highest BCUT2D eigenvalue weighted by Gasteiger charge is 2.22. The van der Waals surface area contributed by atoms with Gasteiger partial charge in [0.05, 0.1) is 0 Å². The topological polar surface area (TPSA) is 45.2 Å². The maximum Gasteiger partial charge on any atom is 0.272 e. The Kier molecular flexibility index (Phi) is 5.64. The molecule has 25 heavy (non-hydrogen) atoms. The number of nitrogens with one attached hydrogen (secondary N) is 1. The molecular formula is C20H24FN3O. The van der Waals surface area contributed by atoms with Crippen LogP contribution in [0.25, 0.3) is 0 Å². The fraction of sp³-hybridized carbons (Fsp3) is 0.400. The Hall–Kier alpha value is -2.43. The van der Waals surface area contributed by atoms with Crippen molar-refractivity contribution in [1.29, 1.82) is 0 Å². The van der Waals surface area contributed by atoms with E-state index in [1.165, 1.54) is 12.5 Å². The van der Waals surface area contributed by atoms with Crippen LogP contribution in [-0.4, -0.2) is 35.4 Å². The van der Waals surface area contributed by atoms with Crippen molar-refractivity contribution in [1.82, 2.24) is 9.88 Å². The van der Waals surface area contributed by atoms with E-state index in [0.29, 0.717) is 30.1 Å². The van der Waals surface area contributed by atoms with Crippen molar-refractivity contribution >= 4 is 11.6 Å². The summed E-state index contributed by atoms with van der Waals surface area (Å²) < 4.78 is 13.6. The van der Waals surface area contributed by atoms with Crippen LogP contribution < -0.4 is 5.32 Å². The number of nitrogens with zero attached hydrogens (tertiary/aromatic N) is 2. The average Bonchev–Trinajstić information content (AvgIpc) is 2.63. The fourth-order valence-corrected chi connectivity index (χ4v) is 3.24. The Bertz CT molecular complexity index is 734. The molecule has 1 aromatic carbocycles. The number of rotatable bonds is 5. The van der Waals surface area contributed by atoms with Crippen molar-refractivity contribution in [2.24, 2.45) is 5.92 Å². The van der Waals surface area contributed by atoms with Crippen LogP contribution >= 0.6 is 0 Å². The molecule has 4 nitrogen and oxygen atoms in total. The van der Waals surface area contributed by atoms with E-state index in [1.54, 1.807) is 24.4 Å². The summed E-state index contributed by atoms with van der Waals surface area (Å²) in [6.07, 6.45) is 4.45. The Morgan fingerprint density at radius 1 is 1.36 bits per heavy atom. The Balaban J connectivity index is 1.59. The van der Waals surface area contributed by atoms with Crippen LogP contribution in [0.5, 0.6) is 0 Å². The number of benzene rings is 1. The van der Waals surface area contributed by atoms with Gasteiger partial charge >= 0.3 is 0 Å². The van der Waals surface area contributed by atoms with Gasteiger partial charge < -0.3 is 10.2 Å². The lowest BCUT2D eigenvalue weighted by atomic mass is 10.00. The number of amides is 1. The summed E-state index contributed by atoms with van der Waals surface area (Å²) in [7, 11) is 0. The van der Waals surface area contributed by atoms with Gasteiger partial charge in [-0.25, -0.2) is 4.39 Å². The number of carbonyl (C=O) groups is 1. The third kappa shape index (κ3) is 4.56. The molecule has 0 saturated carbocycles. The van der Waals surface area contributed by atoms with E-state index in [9.17, 15) is 9.18 Å². The molecule has 1 atom stereocenters. The zero-order valence-corrected chi connectivity index (χ0v) is 14.5. The minimum Gasteiger partial charge on any atom is -0.385 e. The number of pyridine rings is 1. The summed E-state index contributed by atoms with van der Waals surface area (Å²) in [5.41, 5.74) is 1.98. The predicted molar refractivity (Wildman–Crippen MR) is 97.1 cm³/mol. The lowest BCUT2D eigenvalue weighted by Gasteiger charge is -2.30. The highest BCUT2D eigenvalue weighted by molar-refractivity contribution is 5.93. The molecule has 0 spiro atoms. The van der Waals surface area contributed by atoms with Crippen LogP contribution in [0, 0.1) is 11.7 Å². The molecule has 132 valence electrons. The molecule has 1 fully saturated rings. The van der Waals surface area contributed by atoms with E-state index in [-0.39, 0.29) is 11.7 Å². The van der Waals surface area contributed by atoms with Crippen molar-refractivity contribution in [2.75, 3.05) is 25.0 Å². The summed E-state index contributed by atoms with van der Waals surface area (Å²) in [4.78, 5) is 18.7. The van der Waals surface area contributed by atoms with Crippen LogP contribution in [0.3, 0.4) is 0 Å². The fourth-order valence-electron chi connectivity index (χ4n) is 3.24. The zero-order chi connectivity index (χ0) is 17.6. The van der Waals surface area contributed by atoms with Gasteiger partial charge in [-0.15, -0.1) is 0 Å². The van der Waals surface area contributed by atoms with E-state index in [1.807, 2.05) is 17.0 Å². The van der Waals surface area contributed by atoms with E-state index in [0.717, 1.165) is 25.2 Å². The lowest BCUT2D eigenvalue weighted by Crippen LogP contribution is -2.39. The molecule has 1 aromatic heterocycles. The van der Waals surface area contributed by atoms with Crippen LogP contribution in [0.1, 0.15) is 35.8 Å². The largest absolute Gasteiger partial charge is 0.385 e. The molecular weight excluding hydrogens is 317 g/mol. The minimum atomic E-state index is -0.186. The Labute approximate surface area is 148 Å². The number of piperidine rings is 1. The molecule has 0 aliphatic carbocycles. The van der Waals surface area contributed by atoms with Gasteiger partial charge in [0.25, 0.3) is 5.91 Å². The van der Waals surface area contributed by atoms with Gasteiger partial charge in [-0.2, -0.15) is 0 Å². The van der Waals surface area contributed by atoms with Crippen LogP contribution in [-0.2, 0) is 6.42 Å². The summed E-state index contributed by atoms with van der Waals surface area (Å²) in [5, 5.41) is 3.25. The molecule has 0 bridgehead atoms. The molecule has 1 N–H and O–H groups in total. The van der Waals surface area contributed by atoms with Crippen LogP contribution in [0.15, 0.2) is 42.6 Å². The first-order chi connectivity index (χ1) is 12.1. The van der Waals surface area contributed by atoms with Gasteiger partial charge in [-0.05, 0) is 48.9 Å². The summed E-state index contributed by atoms with van der Waals surface area (Å²) in [6.45, 7) is 4.37. The smallest absolute Gasteiger partial charge is 0.272 e. The maximum atomic E-state index is 13.6. The first kappa shape index (κ1) is 17.4. The van der Waals surface area contributed by atoms with Gasteiger partial charge in [-0.1, -0.05) is 25.1 Å². The van der Waals surface area contributed by atoms with Crippen LogP contribution in [0.2, 0.25) is 0 Å². The first-order valence-electron chi connectivity index (χ1n) is 8.86. The first-order valence-corrected chi connectivity index (χ1v) is 8.86. The van der Waals surface area contributed by atoms with Crippen molar-refractivity contribution in [3.8, 4) is 0 Å². The van der Waals surface area contributed by atoms with E-state index in [4.69, 9.17) is 0 Å². The number of aromatic nitrogens is 1. The molecule has 0 radical (unpaired) electrons. The van der Waals surface area contributed by atoms with Gasteiger partial charge in [0.15, 0.2) is 0 Å². The standard InChI is InChI=1S/C20H24FN3O/c1-15-5-4-12-24(14-15)20(25)19-13-17(9-11-23-19)22-10-8-16-6-2-3-7-18(16)21/h2-3,6-7,9,11,13,15H,4-5,8,10,12,14H2,1H3,(H,22,23). The number of likely N-dealkylation sites (tertiary alicyclic amines) is 1. The second-order valence-corrected chi connectivity index (χ2v) is 6.70. The third-order valence-corrected chi connectivity index (χ3v) is 4.60. The zero-order valence-electron chi connectivity index (χ0n) is 14.5. The molecule has 2 heterocycles. The second-order valence-electron chi connectivity index (χ2n) is 6.70. The van der Waals surface area contributed by atoms with Gasteiger partial charge in [0.2, 0.25) is 0 Å². The SMILES string of the molecule is CC1CCCN(C(=O)c2cc(NCCc3ccccc3F)ccn2)C1. The monoisotopic (exact) mass is 341 g/mol. The summed E-state index contributed by atoms with van der Waals surface area (Å²) in [5.74, 6) is 0.346. The van der Waals surface area contributed by atoms with E-state index in [2.05, 4.69) is 17.2 Å². The second kappa shape index (κ2) is 8.10. The Morgan fingerprint density at radius 3 is 3.00 bits per heavy atom. The minimum absolute atomic E-state index is 0.00990. The normalized spacial score (nSPS) is 17.4. The third-order valence-electron chi connectivity index (χ3n) is 4.60. The molecule has 3 rings (SSSR count). The number of carbonyl (C=O) groups excluding carboxylic acids is 1. The van der Waals surface area contributed by atoms with Crippen molar-refractivity contribution in [3.63, 3.8) is 0 Å². The quantitative estimate of drug-likeness (QED) is 0.901. The highest BCUT2D eigenvalue weighted by Crippen LogP contribution is 2.18. The number of hydrogen-bond donors (Lipinski definition) is 1. The van der Waals surface area contributed by atoms with E-state index >= 15 is 0 Å². The van der Waals surface area contributed by atoms with Crippen molar-refractivity contribution in [2.45, 2.75) is 26.2 Å². The van der Waals surface area contributed by atoms with Gasteiger partial charge in [0.1, 0.15) is 11.5 Å². The molecule has 1 saturated heterocycles. The van der Waals surface area contributed by atoms with Gasteiger partial charge in [0, 0.05) is 31.5 Å². The molecule has 1 unspecified atom stereocenters. The average molecular weight is 341 g/mol. The molecule has 1 aliphatic rings. The van der Waals surface area contributed by atoms with Crippen molar-refractivity contribution < 1.29 is 9.18 Å². The molecule has 1 aliphatic heterocycles. The van der Waals surface area contributed by atoms with Gasteiger partial charge in [-0.3, -0.25) is 9.78 Å². The summed E-state index contributed by atoms with van der Waals surface area (Å²) in [6, 6.07) is 10.4. The number of anilines is 1. The van der Waals surface area contributed by atoms with Crippen LogP contribution in [0.4, 0.5) is 10.1 Å². The molecule has 1 amide bonds.